The molecule has 0 bridgehead atoms. The van der Waals surface area contributed by atoms with Crippen LogP contribution in [0.15, 0.2) is 35.0 Å². The normalized spacial score (nSPS) is 15.4. The topological polar surface area (TPSA) is 25.2 Å². The number of nitrogens with zero attached hydrogens (tertiary/aromatic N) is 2. The summed E-state index contributed by atoms with van der Waals surface area (Å²) in [7, 11) is 0. The molecular weight excluding hydrogens is 196 g/mol. The zero-order valence-electron chi connectivity index (χ0n) is 7.78. The molecule has 1 aliphatic heterocycles. The maximum atomic E-state index is 5.80. The van der Waals surface area contributed by atoms with Gasteiger partial charge in [0.15, 0.2) is 0 Å². The highest BCUT2D eigenvalue weighted by Gasteiger charge is 2.01. The Hall–Kier alpha value is -1.15. The van der Waals surface area contributed by atoms with Gasteiger partial charge in [0.1, 0.15) is 5.15 Å². The third-order valence-corrected chi connectivity index (χ3v) is 2.33. The third kappa shape index (κ3) is 2.42. The Labute approximate surface area is 88.3 Å². The van der Waals surface area contributed by atoms with E-state index < -0.39 is 0 Å². The Bertz CT molecular complexity index is 383. The van der Waals surface area contributed by atoms with Crippen LogP contribution in [-0.2, 0) is 6.42 Å². The predicted octanol–water partition coefficient (Wildman–Crippen LogP) is 2.68. The van der Waals surface area contributed by atoms with Gasteiger partial charge in [-0.05, 0) is 36.1 Å². The fourth-order valence-electron chi connectivity index (χ4n) is 1.47. The fraction of sp³-hybridized carbons (Fsp3) is 0.273. The number of dihydropyridines is 1. The van der Waals surface area contributed by atoms with E-state index in [0.29, 0.717) is 5.15 Å². The molecule has 1 aliphatic rings. The van der Waals surface area contributed by atoms with Crippen LogP contribution in [-0.4, -0.2) is 17.7 Å². The van der Waals surface area contributed by atoms with Crippen molar-refractivity contribution in [2.75, 3.05) is 6.54 Å². The molecule has 0 N–H and O–H groups in total. The van der Waals surface area contributed by atoms with Crippen molar-refractivity contribution in [2.24, 2.45) is 4.99 Å². The Morgan fingerprint density at radius 2 is 2.36 bits per heavy atom. The molecule has 0 spiro atoms. The molecule has 0 aromatic carbocycles. The first-order chi connectivity index (χ1) is 6.84. The average molecular weight is 207 g/mol. The van der Waals surface area contributed by atoms with Crippen LogP contribution in [0, 0.1) is 0 Å². The minimum atomic E-state index is 0.552. The molecule has 2 nitrogen and oxygen atoms in total. The van der Waals surface area contributed by atoms with Gasteiger partial charge in [0.25, 0.3) is 0 Å². The number of hydrogen-bond donors (Lipinski definition) is 0. The first kappa shape index (κ1) is 9.41. The lowest BCUT2D eigenvalue weighted by Crippen LogP contribution is -1.98. The first-order valence-electron chi connectivity index (χ1n) is 4.64. The molecule has 0 atom stereocenters. The van der Waals surface area contributed by atoms with Gasteiger partial charge in [-0.2, -0.15) is 0 Å². The van der Waals surface area contributed by atoms with E-state index in [0.717, 1.165) is 19.4 Å². The van der Waals surface area contributed by atoms with Gasteiger partial charge in [-0.1, -0.05) is 17.7 Å². The lowest BCUT2D eigenvalue weighted by atomic mass is 10.1. The lowest BCUT2D eigenvalue weighted by Gasteiger charge is -2.06. The molecule has 0 aliphatic carbocycles. The van der Waals surface area contributed by atoms with Gasteiger partial charge in [0.2, 0.25) is 0 Å². The smallest absolute Gasteiger partial charge is 0.129 e. The van der Waals surface area contributed by atoms with Crippen LogP contribution in [0.1, 0.15) is 12.0 Å². The molecule has 3 heteroatoms. The summed E-state index contributed by atoms with van der Waals surface area (Å²) in [6.07, 6.45) is 7.84. The molecule has 72 valence electrons. The number of hydrogen-bond acceptors (Lipinski definition) is 2. The molecule has 0 saturated heterocycles. The monoisotopic (exact) mass is 206 g/mol. The summed E-state index contributed by atoms with van der Waals surface area (Å²) in [6.45, 7) is 0.917. The number of aromatic nitrogens is 1. The molecule has 14 heavy (non-hydrogen) atoms. The van der Waals surface area contributed by atoms with Crippen LogP contribution in [0.3, 0.4) is 0 Å². The molecule has 2 rings (SSSR count). The van der Waals surface area contributed by atoms with Crippen LogP contribution in [0.2, 0.25) is 5.15 Å². The van der Waals surface area contributed by atoms with Crippen LogP contribution in [0.4, 0.5) is 0 Å². The Morgan fingerprint density at radius 3 is 3.07 bits per heavy atom. The van der Waals surface area contributed by atoms with Gasteiger partial charge < -0.3 is 0 Å². The van der Waals surface area contributed by atoms with Crippen LogP contribution in [0.25, 0.3) is 0 Å². The van der Waals surface area contributed by atoms with Gasteiger partial charge in [0.05, 0.1) is 0 Å². The van der Waals surface area contributed by atoms with E-state index in [1.54, 1.807) is 6.20 Å². The Kier molecular flexibility index (Phi) is 2.94. The SMILES string of the molecule is Clc1cc(CC2=CCCN=C2)ccn1. The minimum Gasteiger partial charge on any atom is -0.293 e. The second-order valence-corrected chi connectivity index (χ2v) is 3.65. The largest absolute Gasteiger partial charge is 0.293 e. The molecule has 2 heterocycles. The highest BCUT2D eigenvalue weighted by molar-refractivity contribution is 6.29. The second kappa shape index (κ2) is 4.38. The van der Waals surface area contributed by atoms with E-state index in [9.17, 15) is 0 Å². The van der Waals surface area contributed by atoms with E-state index in [4.69, 9.17) is 11.6 Å². The number of pyridine rings is 1. The summed E-state index contributed by atoms with van der Waals surface area (Å²) in [4.78, 5) is 8.18. The highest BCUT2D eigenvalue weighted by atomic mass is 35.5. The van der Waals surface area contributed by atoms with Crippen molar-refractivity contribution in [3.05, 3.63) is 40.7 Å². The second-order valence-electron chi connectivity index (χ2n) is 3.27. The average Bonchev–Trinajstić information content (AvgIpc) is 2.19. The van der Waals surface area contributed by atoms with Crippen LogP contribution in [0.5, 0.6) is 0 Å². The first-order valence-corrected chi connectivity index (χ1v) is 5.02. The number of rotatable bonds is 2. The van der Waals surface area contributed by atoms with Crippen molar-refractivity contribution >= 4 is 17.8 Å². The van der Waals surface area contributed by atoms with Crippen molar-refractivity contribution in [2.45, 2.75) is 12.8 Å². The van der Waals surface area contributed by atoms with E-state index in [-0.39, 0.29) is 0 Å². The van der Waals surface area contributed by atoms with Crippen LogP contribution >= 0.6 is 11.6 Å². The summed E-state index contributed by atoms with van der Waals surface area (Å²) in [5.41, 5.74) is 2.45. The molecule has 0 amide bonds. The lowest BCUT2D eigenvalue weighted by molar-refractivity contribution is 0.975. The minimum absolute atomic E-state index is 0.552. The number of halogens is 1. The Morgan fingerprint density at radius 1 is 1.43 bits per heavy atom. The number of aliphatic imine (C=N–C) groups is 1. The van der Waals surface area contributed by atoms with E-state index in [1.165, 1.54) is 11.1 Å². The van der Waals surface area contributed by atoms with Crippen molar-refractivity contribution in [1.29, 1.82) is 0 Å². The maximum Gasteiger partial charge on any atom is 0.129 e. The summed E-state index contributed by atoms with van der Waals surface area (Å²) >= 11 is 5.80. The molecule has 0 unspecified atom stereocenters. The predicted molar refractivity (Wildman–Crippen MR) is 59.0 cm³/mol. The third-order valence-electron chi connectivity index (χ3n) is 2.12. The molecule has 1 aromatic heterocycles. The van der Waals surface area contributed by atoms with Crippen molar-refractivity contribution in [3.63, 3.8) is 0 Å². The molecule has 0 fully saturated rings. The van der Waals surface area contributed by atoms with Gasteiger partial charge in [-0.3, -0.25) is 4.99 Å². The molecule has 1 aromatic rings. The van der Waals surface area contributed by atoms with Gasteiger partial charge in [-0.25, -0.2) is 4.98 Å². The van der Waals surface area contributed by atoms with Gasteiger partial charge in [0, 0.05) is 19.0 Å². The van der Waals surface area contributed by atoms with Crippen molar-refractivity contribution in [1.82, 2.24) is 4.98 Å². The van der Waals surface area contributed by atoms with Crippen molar-refractivity contribution in [3.8, 4) is 0 Å². The van der Waals surface area contributed by atoms with Crippen LogP contribution < -0.4 is 0 Å². The molecule has 0 saturated carbocycles. The van der Waals surface area contributed by atoms with E-state index >= 15 is 0 Å². The van der Waals surface area contributed by atoms with E-state index in [1.807, 2.05) is 18.3 Å². The summed E-state index contributed by atoms with van der Waals surface area (Å²) in [5.74, 6) is 0. The Balaban J connectivity index is 2.10. The quantitative estimate of drug-likeness (QED) is 0.683. The van der Waals surface area contributed by atoms with E-state index in [2.05, 4.69) is 16.1 Å². The fourth-order valence-corrected chi connectivity index (χ4v) is 1.66. The zero-order valence-corrected chi connectivity index (χ0v) is 8.54. The van der Waals surface area contributed by atoms with Gasteiger partial charge >= 0.3 is 0 Å². The number of allylic oxidation sites excluding steroid dienone is 1. The zero-order chi connectivity index (χ0) is 9.80. The summed E-state index contributed by atoms with van der Waals surface area (Å²) in [5, 5.41) is 0.552. The van der Waals surface area contributed by atoms with Gasteiger partial charge in [-0.15, -0.1) is 0 Å². The molecular formula is C11H11ClN2. The standard InChI is InChI=1S/C11H11ClN2/c12-11-7-9(3-5-14-11)6-10-2-1-4-13-8-10/h2-3,5,7-8H,1,4,6H2. The van der Waals surface area contributed by atoms with Crippen molar-refractivity contribution < 1.29 is 0 Å². The summed E-state index contributed by atoms with van der Waals surface area (Å²) in [6, 6.07) is 3.88. The highest BCUT2D eigenvalue weighted by Crippen LogP contribution is 2.12. The molecule has 0 radical (unpaired) electrons. The maximum absolute atomic E-state index is 5.80. The summed E-state index contributed by atoms with van der Waals surface area (Å²) < 4.78 is 0.